The first kappa shape index (κ1) is 15.0. The molecule has 4 heteroatoms. The zero-order valence-corrected chi connectivity index (χ0v) is 12.2. The second kappa shape index (κ2) is 5.92. The molecule has 1 aromatic carbocycles. The highest BCUT2D eigenvalue weighted by Gasteiger charge is 2.37. The average molecular weight is 278 g/mol. The minimum Gasteiger partial charge on any atom is -0.352 e. The summed E-state index contributed by atoms with van der Waals surface area (Å²) in [6.45, 7) is 4.02. The molecule has 110 valence electrons. The zero-order chi connectivity index (χ0) is 14.8. The summed E-state index contributed by atoms with van der Waals surface area (Å²) in [5.41, 5.74) is 7.17. The molecule has 3 nitrogen and oxygen atoms in total. The van der Waals surface area contributed by atoms with Crippen molar-refractivity contribution in [2.24, 2.45) is 11.7 Å². The number of halogens is 1. The number of rotatable bonds is 3. The lowest BCUT2D eigenvalue weighted by molar-refractivity contribution is -0.128. The summed E-state index contributed by atoms with van der Waals surface area (Å²) in [4.78, 5) is 12.3. The van der Waals surface area contributed by atoms with Crippen LogP contribution in [-0.4, -0.2) is 11.4 Å². The number of carbonyl (C=O) groups excluding carboxylic acids is 1. The molecule has 2 atom stereocenters. The molecule has 1 aliphatic rings. The second-order valence-electron chi connectivity index (χ2n) is 6.11. The van der Waals surface area contributed by atoms with E-state index in [2.05, 4.69) is 5.32 Å². The van der Waals surface area contributed by atoms with Crippen LogP contribution in [0.15, 0.2) is 18.2 Å². The second-order valence-corrected chi connectivity index (χ2v) is 6.11. The number of nitrogens with two attached hydrogens (primary N) is 1. The van der Waals surface area contributed by atoms with Crippen LogP contribution in [0.1, 0.15) is 43.7 Å². The van der Waals surface area contributed by atoms with Gasteiger partial charge < -0.3 is 11.1 Å². The number of nitrogens with one attached hydrogen (secondary N) is 1. The smallest absolute Gasteiger partial charge is 0.225 e. The first-order valence-corrected chi connectivity index (χ1v) is 7.22. The van der Waals surface area contributed by atoms with E-state index in [4.69, 9.17) is 5.73 Å². The van der Waals surface area contributed by atoms with E-state index in [1.807, 2.05) is 13.0 Å². The van der Waals surface area contributed by atoms with Crippen LogP contribution in [0.2, 0.25) is 0 Å². The third-order valence-corrected chi connectivity index (χ3v) is 4.27. The maximum atomic E-state index is 13.4. The van der Waals surface area contributed by atoms with Crippen LogP contribution >= 0.6 is 0 Å². The fraction of sp³-hybridized carbons (Fsp3) is 0.562. The first-order chi connectivity index (χ1) is 9.40. The molecule has 0 aromatic heterocycles. The van der Waals surface area contributed by atoms with Gasteiger partial charge in [-0.25, -0.2) is 4.39 Å². The number of benzene rings is 1. The quantitative estimate of drug-likeness (QED) is 0.893. The number of carbonyl (C=O) groups is 1. The van der Waals surface area contributed by atoms with E-state index in [-0.39, 0.29) is 17.6 Å². The minimum absolute atomic E-state index is 0.0179. The average Bonchev–Trinajstić information content (AvgIpc) is 2.39. The molecule has 1 aromatic rings. The van der Waals surface area contributed by atoms with Crippen molar-refractivity contribution in [3.8, 4) is 0 Å². The van der Waals surface area contributed by atoms with Gasteiger partial charge in [-0.3, -0.25) is 4.79 Å². The van der Waals surface area contributed by atoms with Crippen molar-refractivity contribution < 1.29 is 9.18 Å². The molecule has 0 aliphatic heterocycles. The fourth-order valence-electron chi connectivity index (χ4n) is 2.85. The Balaban J connectivity index is 1.96. The maximum absolute atomic E-state index is 13.4. The normalized spacial score (nSPS) is 26.3. The highest BCUT2D eigenvalue weighted by atomic mass is 19.1. The van der Waals surface area contributed by atoms with Gasteiger partial charge in [-0.1, -0.05) is 25.0 Å². The SMILES string of the molecule is Cc1ccc(CNC(=O)C2CCCCC2(C)N)cc1F. The fourth-order valence-corrected chi connectivity index (χ4v) is 2.85. The Hall–Kier alpha value is -1.42. The molecule has 0 saturated heterocycles. The Bertz CT molecular complexity index is 499. The van der Waals surface area contributed by atoms with Crippen LogP contribution in [0.25, 0.3) is 0 Å². The number of hydrogen-bond acceptors (Lipinski definition) is 2. The monoisotopic (exact) mass is 278 g/mol. The number of hydrogen-bond donors (Lipinski definition) is 2. The van der Waals surface area contributed by atoms with E-state index in [1.165, 1.54) is 6.07 Å². The van der Waals surface area contributed by atoms with E-state index in [0.717, 1.165) is 31.2 Å². The highest BCUT2D eigenvalue weighted by Crippen LogP contribution is 2.31. The van der Waals surface area contributed by atoms with Crippen LogP contribution in [-0.2, 0) is 11.3 Å². The summed E-state index contributed by atoms with van der Waals surface area (Å²) in [6.07, 6.45) is 3.84. The summed E-state index contributed by atoms with van der Waals surface area (Å²) in [7, 11) is 0. The lowest BCUT2D eigenvalue weighted by Gasteiger charge is -2.37. The van der Waals surface area contributed by atoms with Crippen molar-refractivity contribution in [3.05, 3.63) is 35.1 Å². The van der Waals surface area contributed by atoms with E-state index < -0.39 is 5.54 Å². The van der Waals surface area contributed by atoms with Crippen LogP contribution in [0.4, 0.5) is 4.39 Å². The van der Waals surface area contributed by atoms with Crippen LogP contribution in [0.5, 0.6) is 0 Å². The molecule has 0 spiro atoms. The highest BCUT2D eigenvalue weighted by molar-refractivity contribution is 5.80. The molecule has 1 amide bonds. The number of aryl methyl sites for hydroxylation is 1. The van der Waals surface area contributed by atoms with Gasteiger partial charge in [0.2, 0.25) is 5.91 Å². The van der Waals surface area contributed by atoms with Gasteiger partial charge in [0.05, 0.1) is 5.92 Å². The predicted molar refractivity (Wildman–Crippen MR) is 77.5 cm³/mol. The van der Waals surface area contributed by atoms with Crippen molar-refractivity contribution in [1.29, 1.82) is 0 Å². The molecule has 20 heavy (non-hydrogen) atoms. The molecule has 1 saturated carbocycles. The largest absolute Gasteiger partial charge is 0.352 e. The standard InChI is InChI=1S/C16H23FN2O/c1-11-6-7-12(9-14(11)17)10-19-15(20)13-5-3-4-8-16(13,2)18/h6-7,9,13H,3-5,8,10,18H2,1-2H3,(H,19,20). The maximum Gasteiger partial charge on any atom is 0.225 e. The van der Waals surface area contributed by atoms with Gasteiger partial charge in [-0.05, 0) is 43.9 Å². The summed E-state index contributed by atoms with van der Waals surface area (Å²) >= 11 is 0. The molecule has 3 N–H and O–H groups in total. The molecule has 0 heterocycles. The van der Waals surface area contributed by atoms with Gasteiger partial charge in [0, 0.05) is 12.1 Å². The van der Waals surface area contributed by atoms with E-state index in [9.17, 15) is 9.18 Å². The summed E-state index contributed by atoms with van der Waals surface area (Å²) in [5, 5.41) is 2.89. The third kappa shape index (κ3) is 3.37. The Kier molecular flexibility index (Phi) is 4.43. The van der Waals surface area contributed by atoms with Crippen molar-refractivity contribution in [2.75, 3.05) is 0 Å². The molecular weight excluding hydrogens is 255 g/mol. The van der Waals surface area contributed by atoms with Crippen LogP contribution in [0.3, 0.4) is 0 Å². The van der Waals surface area contributed by atoms with Gasteiger partial charge >= 0.3 is 0 Å². The van der Waals surface area contributed by atoms with Gasteiger partial charge in [-0.2, -0.15) is 0 Å². The summed E-state index contributed by atoms with van der Waals surface area (Å²) in [6, 6.07) is 5.03. The van der Waals surface area contributed by atoms with Gasteiger partial charge in [0.15, 0.2) is 0 Å². The zero-order valence-electron chi connectivity index (χ0n) is 12.2. The van der Waals surface area contributed by atoms with E-state index in [0.29, 0.717) is 12.1 Å². The van der Waals surface area contributed by atoms with Gasteiger partial charge in [-0.15, -0.1) is 0 Å². The molecule has 0 radical (unpaired) electrons. The molecule has 1 fully saturated rings. The van der Waals surface area contributed by atoms with Crippen molar-refractivity contribution in [1.82, 2.24) is 5.32 Å². The summed E-state index contributed by atoms with van der Waals surface area (Å²) in [5.74, 6) is -0.402. The lowest BCUT2D eigenvalue weighted by atomic mass is 9.74. The molecular formula is C16H23FN2O. The summed E-state index contributed by atoms with van der Waals surface area (Å²) < 4.78 is 13.4. The molecule has 1 aliphatic carbocycles. The minimum atomic E-state index is -0.430. The van der Waals surface area contributed by atoms with Crippen LogP contribution < -0.4 is 11.1 Å². The Labute approximate surface area is 119 Å². The Morgan fingerprint density at radius 3 is 2.90 bits per heavy atom. The van der Waals surface area contributed by atoms with Crippen molar-refractivity contribution in [2.45, 2.75) is 51.6 Å². The molecule has 2 rings (SSSR count). The first-order valence-electron chi connectivity index (χ1n) is 7.22. The number of amides is 1. The van der Waals surface area contributed by atoms with Crippen LogP contribution in [0, 0.1) is 18.7 Å². The molecule has 0 bridgehead atoms. The van der Waals surface area contributed by atoms with Crippen molar-refractivity contribution in [3.63, 3.8) is 0 Å². The van der Waals surface area contributed by atoms with Gasteiger partial charge in [0.25, 0.3) is 0 Å². The van der Waals surface area contributed by atoms with Gasteiger partial charge in [0.1, 0.15) is 5.82 Å². The molecule has 2 unspecified atom stereocenters. The lowest BCUT2D eigenvalue weighted by Crippen LogP contribution is -2.52. The van der Waals surface area contributed by atoms with E-state index >= 15 is 0 Å². The Morgan fingerprint density at radius 1 is 1.50 bits per heavy atom. The van der Waals surface area contributed by atoms with E-state index in [1.54, 1.807) is 13.0 Å². The Morgan fingerprint density at radius 2 is 2.25 bits per heavy atom. The predicted octanol–water partition coefficient (Wildman–Crippen LogP) is 2.66. The van der Waals surface area contributed by atoms with Crippen molar-refractivity contribution >= 4 is 5.91 Å². The third-order valence-electron chi connectivity index (χ3n) is 4.27. The topological polar surface area (TPSA) is 55.1 Å².